The number of hydrogen-bond donors (Lipinski definition) is 0. The highest BCUT2D eigenvalue weighted by atomic mass is 29.1. The molecule has 4 heavy (non-hydrogen) atoms. The number of rotatable bonds is 0. The molecule has 2 nitrogen and oxygen atoms in total. The summed E-state index contributed by atoms with van der Waals surface area (Å²) in [5.41, 5.74) is 0. The summed E-state index contributed by atoms with van der Waals surface area (Å²) in [5, 5.41) is 0. The molecule has 0 aliphatic carbocycles. The fourth-order valence-electron chi connectivity index (χ4n) is 0. The molecular formula is H6O2Si2. The Morgan fingerprint density at radius 1 is 1.75 bits per heavy atom. The monoisotopic (exact) mass is 94.0 g/mol. The summed E-state index contributed by atoms with van der Waals surface area (Å²) in [7, 11) is 0.535. The van der Waals surface area contributed by atoms with E-state index in [0.29, 0.717) is 0 Å². The molecule has 0 unspecified atom stereocenters. The van der Waals surface area contributed by atoms with E-state index in [1.165, 1.54) is 0 Å². The van der Waals surface area contributed by atoms with Crippen molar-refractivity contribution in [3.05, 3.63) is 0 Å². The summed E-state index contributed by atoms with van der Waals surface area (Å²) in [4.78, 5) is 0. The van der Waals surface area contributed by atoms with Gasteiger partial charge in [0.1, 0.15) is 0 Å². The first kappa shape index (κ1) is 8.89. The molecule has 0 aromatic rings. The van der Waals surface area contributed by atoms with Crippen LogP contribution in [-0.4, -0.2) is 24.2 Å². The average Bonchev–Trinajstić information content (AvgIpc) is 0.918. The van der Waals surface area contributed by atoms with Gasteiger partial charge < -0.3 is 9.94 Å². The molecule has 0 spiro atoms. The van der Waals surface area contributed by atoms with Gasteiger partial charge >= 0.3 is 0 Å². The van der Waals surface area contributed by atoms with E-state index in [1.807, 2.05) is 0 Å². The smallest absolute Gasteiger partial charge is 0.229 e. The van der Waals surface area contributed by atoms with Crippen LogP contribution in [0.1, 0.15) is 0 Å². The summed E-state index contributed by atoms with van der Waals surface area (Å²) in [5.74, 6) is 0. The van der Waals surface area contributed by atoms with Crippen LogP contribution >= 0.6 is 0 Å². The summed E-state index contributed by atoms with van der Waals surface area (Å²) < 4.78 is 9.08. The third-order valence-electron chi connectivity index (χ3n) is 0. The summed E-state index contributed by atoms with van der Waals surface area (Å²) in [6.45, 7) is 0. The Morgan fingerprint density at radius 3 is 1.75 bits per heavy atom. The lowest BCUT2D eigenvalue weighted by atomic mass is 16.0. The van der Waals surface area contributed by atoms with Gasteiger partial charge in [0.05, 0.1) is 9.76 Å². The Labute approximate surface area is 29.6 Å². The molecule has 4 heteroatoms. The first-order chi connectivity index (χ1) is 1.41. The van der Waals surface area contributed by atoms with E-state index in [0.717, 1.165) is 9.76 Å². The Balaban J connectivity index is 0. The lowest BCUT2D eigenvalue weighted by Gasteiger charge is -1.19. The maximum absolute atomic E-state index is 9.08. The molecular weight excluding hydrogens is 88.2 g/mol. The molecule has 0 rings (SSSR count). The zero-order valence-corrected chi connectivity index (χ0v) is 5.64. The van der Waals surface area contributed by atoms with Crippen molar-refractivity contribution in [3.63, 3.8) is 0 Å². The Hall–Kier alpha value is 0.194. The predicted molar refractivity (Wildman–Crippen MR) is 21.4 cm³/mol. The molecule has 0 saturated carbocycles. The molecule has 0 aromatic carbocycles. The van der Waals surface area contributed by atoms with E-state index in [9.17, 15) is 0 Å². The van der Waals surface area contributed by atoms with Crippen molar-refractivity contribution in [2.24, 2.45) is 0 Å². The number of hydrogen-bond acceptors (Lipinski definition) is 1. The van der Waals surface area contributed by atoms with Crippen molar-refractivity contribution in [2.75, 3.05) is 0 Å². The highest BCUT2D eigenvalue weighted by Gasteiger charge is 1.32. The van der Waals surface area contributed by atoms with E-state index in [4.69, 9.17) is 4.46 Å². The van der Waals surface area contributed by atoms with E-state index in [2.05, 4.69) is 0 Å². The second-order valence-electron chi connectivity index (χ2n) is 0.236. The van der Waals surface area contributed by atoms with Gasteiger partial charge in [0.15, 0.2) is 0 Å². The summed E-state index contributed by atoms with van der Waals surface area (Å²) in [6, 6.07) is 0. The molecule has 2 N–H and O–H groups in total. The standard InChI is InChI=1S/H4OSi2.H2O/c1-3-2;/h3H,2H3;1H2. The van der Waals surface area contributed by atoms with E-state index in [-0.39, 0.29) is 14.4 Å². The van der Waals surface area contributed by atoms with Crippen molar-refractivity contribution < 1.29 is 9.94 Å². The summed E-state index contributed by atoms with van der Waals surface area (Å²) >= 11 is 0. The van der Waals surface area contributed by atoms with Crippen LogP contribution in [0.2, 0.25) is 0 Å². The maximum atomic E-state index is 9.08. The first-order valence-electron chi connectivity index (χ1n) is 0.813. The fraction of sp³-hybridized carbons (Fsp3) is 0. The quantitative estimate of drug-likeness (QED) is 0.300. The van der Waals surface area contributed by atoms with Crippen LogP contribution in [0.3, 0.4) is 0 Å². The zero-order valence-electron chi connectivity index (χ0n) is 2.49. The Bertz CT molecular complexity index is 11.5. The highest BCUT2D eigenvalue weighted by molar-refractivity contribution is 6.80. The van der Waals surface area contributed by atoms with Crippen LogP contribution in [0, 0.1) is 0 Å². The largest absolute Gasteiger partial charge is 0.412 e. The molecule has 0 saturated heterocycles. The predicted octanol–water partition coefficient (Wildman–Crippen LogP) is -2.78. The molecule has 0 fully saturated rings. The third kappa shape index (κ3) is 83.3. The Morgan fingerprint density at radius 2 is 1.75 bits per heavy atom. The van der Waals surface area contributed by atoms with Gasteiger partial charge in [0.2, 0.25) is 8.92 Å². The highest BCUT2D eigenvalue weighted by Crippen LogP contribution is 0.896. The van der Waals surface area contributed by atoms with Crippen molar-refractivity contribution in [2.45, 2.75) is 0 Å². The van der Waals surface area contributed by atoms with Crippen LogP contribution in [0.5, 0.6) is 0 Å². The van der Waals surface area contributed by atoms with Crippen LogP contribution in [0.4, 0.5) is 0 Å². The van der Waals surface area contributed by atoms with Gasteiger partial charge in [0.25, 0.3) is 0 Å². The molecule has 0 heterocycles. The molecule has 0 radical (unpaired) electrons. The zero-order chi connectivity index (χ0) is 2.71. The fourth-order valence-corrected chi connectivity index (χ4v) is 0. The minimum Gasteiger partial charge on any atom is -0.412 e. The van der Waals surface area contributed by atoms with Crippen molar-refractivity contribution in [3.8, 4) is 0 Å². The van der Waals surface area contributed by atoms with Crippen LogP contribution in [-0.2, 0) is 4.46 Å². The van der Waals surface area contributed by atoms with Gasteiger partial charge in [-0.15, -0.1) is 0 Å². The topological polar surface area (TPSA) is 48.6 Å². The van der Waals surface area contributed by atoms with Gasteiger partial charge in [0, 0.05) is 0 Å². The van der Waals surface area contributed by atoms with E-state index in [1.54, 1.807) is 0 Å². The minimum atomic E-state index is -0.361. The molecule has 0 aliphatic heterocycles. The maximum Gasteiger partial charge on any atom is 0.229 e. The van der Waals surface area contributed by atoms with Crippen molar-refractivity contribution >= 4 is 18.7 Å². The lowest BCUT2D eigenvalue weighted by Crippen LogP contribution is -1.57. The second kappa shape index (κ2) is 10.8. The van der Waals surface area contributed by atoms with Gasteiger partial charge in [-0.25, -0.2) is 0 Å². The minimum absolute atomic E-state index is 0. The SMILES string of the molecule is O.O=[SiH][SiH3]. The third-order valence-corrected chi connectivity index (χ3v) is 0. The normalized spacial score (nSPS) is 4.00. The molecule has 0 amide bonds. The van der Waals surface area contributed by atoms with Crippen molar-refractivity contribution in [1.82, 2.24) is 0 Å². The van der Waals surface area contributed by atoms with Crippen molar-refractivity contribution in [1.29, 1.82) is 0 Å². The molecule has 0 aromatic heterocycles. The summed E-state index contributed by atoms with van der Waals surface area (Å²) in [6.07, 6.45) is 0. The van der Waals surface area contributed by atoms with Crippen LogP contribution in [0.15, 0.2) is 0 Å². The molecule has 26 valence electrons. The molecule has 0 aliphatic rings. The Kier molecular flexibility index (Phi) is 24.0. The first-order valence-corrected chi connectivity index (χ1v) is 5.90. The van der Waals surface area contributed by atoms with Crippen LogP contribution < -0.4 is 0 Å². The van der Waals surface area contributed by atoms with Gasteiger partial charge in [-0.2, -0.15) is 0 Å². The van der Waals surface area contributed by atoms with Crippen LogP contribution in [0.25, 0.3) is 0 Å². The van der Waals surface area contributed by atoms with Gasteiger partial charge in [-0.3, -0.25) is 0 Å². The molecule has 0 atom stereocenters. The lowest BCUT2D eigenvalue weighted by molar-refractivity contribution is 0.586. The van der Waals surface area contributed by atoms with Gasteiger partial charge in [-0.1, -0.05) is 0 Å². The molecule has 0 bridgehead atoms. The second-order valence-corrected chi connectivity index (χ2v) is 2.12. The average molecular weight is 94.2 g/mol. The van der Waals surface area contributed by atoms with E-state index < -0.39 is 0 Å². The van der Waals surface area contributed by atoms with E-state index >= 15 is 0 Å². The van der Waals surface area contributed by atoms with Gasteiger partial charge in [-0.05, 0) is 0 Å².